The van der Waals surface area contributed by atoms with Crippen molar-refractivity contribution >= 4 is 11.8 Å². The minimum atomic E-state index is -0.457. The Kier molecular flexibility index (Phi) is 5.62. The predicted octanol–water partition coefficient (Wildman–Crippen LogP) is 2.35. The molecule has 1 saturated carbocycles. The molecule has 3 aliphatic heterocycles. The van der Waals surface area contributed by atoms with Gasteiger partial charge in [0.15, 0.2) is 11.5 Å². The molecular formula is C26H33N3O4. The second-order valence-corrected chi connectivity index (χ2v) is 10.5. The first kappa shape index (κ1) is 22.2. The molecule has 1 aliphatic carbocycles. The van der Waals surface area contributed by atoms with Crippen LogP contribution < -0.4 is 9.47 Å². The average molecular weight is 452 g/mol. The van der Waals surface area contributed by atoms with Crippen LogP contribution in [0.3, 0.4) is 0 Å². The third-order valence-electron chi connectivity index (χ3n) is 8.48. The van der Waals surface area contributed by atoms with E-state index in [4.69, 9.17) is 9.47 Å². The van der Waals surface area contributed by atoms with E-state index in [9.17, 15) is 9.59 Å². The molecule has 0 spiro atoms. The summed E-state index contributed by atoms with van der Waals surface area (Å²) in [6, 6.07) is 6.15. The van der Waals surface area contributed by atoms with Gasteiger partial charge in [0.2, 0.25) is 18.6 Å². The molecule has 7 nitrogen and oxygen atoms in total. The van der Waals surface area contributed by atoms with E-state index >= 15 is 0 Å². The van der Waals surface area contributed by atoms with Crippen LogP contribution in [-0.4, -0.2) is 72.6 Å². The van der Waals surface area contributed by atoms with Crippen LogP contribution in [0.15, 0.2) is 18.2 Å². The highest BCUT2D eigenvalue weighted by Crippen LogP contribution is 2.59. The van der Waals surface area contributed by atoms with Gasteiger partial charge in [-0.3, -0.25) is 24.3 Å². The number of ether oxygens (including phenoxy) is 2. The van der Waals surface area contributed by atoms with Crippen molar-refractivity contribution in [1.82, 2.24) is 14.7 Å². The molecule has 4 aliphatic rings. The largest absolute Gasteiger partial charge is 0.454 e. The van der Waals surface area contributed by atoms with Crippen molar-refractivity contribution in [2.24, 2.45) is 16.7 Å². The maximum atomic E-state index is 13.1. The molecule has 0 N–H and O–H groups in total. The third kappa shape index (κ3) is 3.79. The molecule has 0 aromatic heterocycles. The van der Waals surface area contributed by atoms with Crippen molar-refractivity contribution in [3.05, 3.63) is 23.8 Å². The minimum Gasteiger partial charge on any atom is -0.454 e. The molecule has 2 saturated heterocycles. The fraction of sp³-hybridized carbons (Fsp3) is 0.615. The van der Waals surface area contributed by atoms with E-state index in [0.29, 0.717) is 13.3 Å². The van der Waals surface area contributed by atoms with Gasteiger partial charge >= 0.3 is 0 Å². The number of carbonyl (C=O) groups excluding carboxylic acids is 2. The molecule has 7 heteroatoms. The summed E-state index contributed by atoms with van der Waals surface area (Å²) in [7, 11) is 0. The molecule has 3 heterocycles. The Morgan fingerprint density at radius 2 is 1.67 bits per heavy atom. The number of amides is 2. The third-order valence-corrected chi connectivity index (χ3v) is 8.48. The summed E-state index contributed by atoms with van der Waals surface area (Å²) < 4.78 is 10.9. The van der Waals surface area contributed by atoms with Gasteiger partial charge in [-0.15, -0.1) is 0 Å². The lowest BCUT2D eigenvalue weighted by atomic mass is 9.62. The van der Waals surface area contributed by atoms with Crippen molar-refractivity contribution < 1.29 is 19.1 Å². The van der Waals surface area contributed by atoms with Crippen molar-refractivity contribution in [2.75, 3.05) is 46.1 Å². The van der Waals surface area contributed by atoms with Crippen LogP contribution in [0, 0.1) is 28.6 Å². The molecule has 2 bridgehead atoms. The molecule has 2 amide bonds. The first-order chi connectivity index (χ1) is 15.8. The van der Waals surface area contributed by atoms with E-state index in [2.05, 4.69) is 47.6 Å². The summed E-state index contributed by atoms with van der Waals surface area (Å²) in [5.41, 5.74) is 0.502. The van der Waals surface area contributed by atoms with Crippen molar-refractivity contribution in [3.8, 4) is 23.3 Å². The number of piperidine rings is 1. The Morgan fingerprint density at radius 1 is 0.970 bits per heavy atom. The normalized spacial score (nSPS) is 28.7. The number of piperazine rings is 1. The van der Waals surface area contributed by atoms with Gasteiger partial charge in [-0.2, -0.15) is 0 Å². The topological polar surface area (TPSA) is 62.3 Å². The van der Waals surface area contributed by atoms with Gasteiger partial charge in [0.25, 0.3) is 0 Å². The molecule has 3 fully saturated rings. The number of rotatable bonds is 4. The van der Waals surface area contributed by atoms with Gasteiger partial charge in [0, 0.05) is 38.6 Å². The number of nitrogens with zero attached hydrogens (tertiary/aromatic N) is 3. The number of hydrogen-bond donors (Lipinski definition) is 0. The van der Waals surface area contributed by atoms with Crippen LogP contribution in [0.2, 0.25) is 0 Å². The number of imide groups is 1. The van der Waals surface area contributed by atoms with Gasteiger partial charge in [0.1, 0.15) is 0 Å². The second kappa shape index (κ2) is 8.34. The zero-order valence-electron chi connectivity index (χ0n) is 19.9. The predicted molar refractivity (Wildman–Crippen MR) is 123 cm³/mol. The summed E-state index contributed by atoms with van der Waals surface area (Å²) in [6.45, 7) is 12.1. The fourth-order valence-electron chi connectivity index (χ4n) is 5.76. The van der Waals surface area contributed by atoms with Crippen molar-refractivity contribution in [2.45, 2.75) is 40.2 Å². The molecule has 1 aromatic rings. The number of fused-ring (bicyclic) bond motifs is 3. The Morgan fingerprint density at radius 3 is 2.45 bits per heavy atom. The summed E-state index contributed by atoms with van der Waals surface area (Å²) in [4.78, 5) is 32.2. The van der Waals surface area contributed by atoms with E-state index in [-0.39, 0.29) is 29.7 Å². The number of likely N-dealkylation sites (tertiary alicyclic amines) is 1. The van der Waals surface area contributed by atoms with Gasteiger partial charge < -0.3 is 9.47 Å². The van der Waals surface area contributed by atoms with Gasteiger partial charge in [-0.1, -0.05) is 38.7 Å². The molecule has 5 rings (SSSR count). The molecule has 33 heavy (non-hydrogen) atoms. The van der Waals surface area contributed by atoms with Crippen molar-refractivity contribution in [1.29, 1.82) is 0 Å². The van der Waals surface area contributed by atoms with E-state index in [1.165, 1.54) is 10.5 Å². The lowest BCUT2D eigenvalue weighted by Crippen LogP contribution is -2.59. The van der Waals surface area contributed by atoms with Crippen LogP contribution in [0.5, 0.6) is 11.5 Å². The SMILES string of the molecule is CC1(C)[C@H]2CC[C@]1(C)C(=O)N(CC#CCN1CCN(Cc3ccc4c(c3)OCO4)CC1)C2=O. The molecule has 0 unspecified atom stereocenters. The molecule has 0 radical (unpaired) electrons. The Bertz CT molecular complexity index is 1020. The quantitative estimate of drug-likeness (QED) is 0.517. The van der Waals surface area contributed by atoms with E-state index in [0.717, 1.165) is 57.1 Å². The highest BCUT2D eigenvalue weighted by Gasteiger charge is 2.64. The lowest BCUT2D eigenvalue weighted by Gasteiger charge is -2.47. The zero-order chi connectivity index (χ0) is 23.2. The molecule has 2 atom stereocenters. The first-order valence-corrected chi connectivity index (χ1v) is 11.9. The van der Waals surface area contributed by atoms with Crippen LogP contribution in [-0.2, 0) is 16.1 Å². The van der Waals surface area contributed by atoms with Gasteiger partial charge in [0.05, 0.1) is 18.5 Å². The van der Waals surface area contributed by atoms with Crippen LogP contribution in [0.4, 0.5) is 0 Å². The van der Waals surface area contributed by atoms with Gasteiger partial charge in [-0.25, -0.2) is 0 Å². The minimum absolute atomic E-state index is 0.0357. The fourth-order valence-corrected chi connectivity index (χ4v) is 5.76. The van der Waals surface area contributed by atoms with Gasteiger partial charge in [-0.05, 0) is 36.0 Å². The smallest absolute Gasteiger partial charge is 0.236 e. The maximum absolute atomic E-state index is 13.1. The molecule has 1 aromatic carbocycles. The Hall–Kier alpha value is -2.56. The summed E-state index contributed by atoms with van der Waals surface area (Å²) in [5, 5.41) is 0. The van der Waals surface area contributed by atoms with E-state index in [1.54, 1.807) is 0 Å². The zero-order valence-corrected chi connectivity index (χ0v) is 19.9. The summed E-state index contributed by atoms with van der Waals surface area (Å²) in [6.07, 6.45) is 1.59. The first-order valence-electron chi connectivity index (χ1n) is 11.9. The average Bonchev–Trinajstić information content (AvgIpc) is 3.33. The van der Waals surface area contributed by atoms with E-state index in [1.807, 2.05) is 13.0 Å². The van der Waals surface area contributed by atoms with Crippen molar-refractivity contribution in [3.63, 3.8) is 0 Å². The van der Waals surface area contributed by atoms with Crippen LogP contribution in [0.25, 0.3) is 0 Å². The maximum Gasteiger partial charge on any atom is 0.236 e. The van der Waals surface area contributed by atoms with Crippen LogP contribution >= 0.6 is 0 Å². The Balaban J connectivity index is 1.10. The van der Waals surface area contributed by atoms with E-state index < -0.39 is 5.41 Å². The Labute approximate surface area is 196 Å². The lowest BCUT2D eigenvalue weighted by molar-refractivity contribution is -0.166. The second-order valence-electron chi connectivity index (χ2n) is 10.5. The highest BCUT2D eigenvalue weighted by atomic mass is 16.7. The number of hydrogen-bond acceptors (Lipinski definition) is 6. The van der Waals surface area contributed by atoms with Crippen LogP contribution in [0.1, 0.15) is 39.2 Å². The summed E-state index contributed by atoms with van der Waals surface area (Å²) >= 11 is 0. The highest BCUT2D eigenvalue weighted by molar-refractivity contribution is 6.04. The molecule has 176 valence electrons. The number of carbonyl (C=O) groups is 2. The summed E-state index contributed by atoms with van der Waals surface area (Å²) in [5.74, 6) is 7.81. The monoisotopic (exact) mass is 451 g/mol. The molecular weight excluding hydrogens is 418 g/mol. The number of benzene rings is 1. The standard InChI is InChI=1S/C26H33N3O4/c1-25(2)20-8-9-26(25,3)24(31)29(23(20)30)11-5-4-10-27-12-14-28(15-13-27)17-19-6-7-21-22(16-19)33-18-32-21/h6-7,16,20H,8-15,17-18H2,1-3H3/t20-,26+/m0/s1.